The van der Waals surface area contributed by atoms with Crippen molar-refractivity contribution in [3.05, 3.63) is 46.5 Å². The normalized spacial score (nSPS) is 10.3. The number of hydrogen-bond donors (Lipinski definition) is 0. The topological polar surface area (TPSA) is 33.2 Å². The van der Waals surface area contributed by atoms with Crippen LogP contribution in [0, 0.1) is 13.8 Å². The number of rotatable bonds is 2. The van der Waals surface area contributed by atoms with Crippen molar-refractivity contribution in [2.45, 2.75) is 13.8 Å². The van der Waals surface area contributed by atoms with Crippen molar-refractivity contribution in [1.82, 2.24) is 4.98 Å². The Balaban J connectivity index is 2.23. The minimum atomic E-state index is -0.0284. The number of anilines is 1. The van der Waals surface area contributed by atoms with Gasteiger partial charge in [0.05, 0.1) is 5.69 Å². The van der Waals surface area contributed by atoms with Gasteiger partial charge >= 0.3 is 0 Å². The fourth-order valence-electron chi connectivity index (χ4n) is 1.47. The Bertz CT molecular complexity index is 531. The molecule has 0 aliphatic heterocycles. The molecule has 2 rings (SSSR count). The Labute approximate surface area is 105 Å². The summed E-state index contributed by atoms with van der Waals surface area (Å²) in [7, 11) is 1.75. The molecule has 1 heterocycles. The highest BCUT2D eigenvalue weighted by molar-refractivity contribution is 7.14. The van der Waals surface area contributed by atoms with Gasteiger partial charge in [-0.15, -0.1) is 11.3 Å². The van der Waals surface area contributed by atoms with Crippen LogP contribution in [0.2, 0.25) is 0 Å². The van der Waals surface area contributed by atoms with Gasteiger partial charge in [-0.2, -0.15) is 0 Å². The van der Waals surface area contributed by atoms with Gasteiger partial charge < -0.3 is 0 Å². The second kappa shape index (κ2) is 4.67. The molecule has 88 valence electrons. The molecule has 1 aromatic carbocycles. The van der Waals surface area contributed by atoms with E-state index >= 15 is 0 Å². The average molecular weight is 246 g/mol. The highest BCUT2D eigenvalue weighted by Gasteiger charge is 2.15. The van der Waals surface area contributed by atoms with Crippen molar-refractivity contribution in [3.8, 4) is 0 Å². The van der Waals surface area contributed by atoms with Gasteiger partial charge in [0.25, 0.3) is 5.91 Å². The summed E-state index contributed by atoms with van der Waals surface area (Å²) in [6, 6.07) is 7.56. The Kier molecular flexibility index (Phi) is 3.24. The van der Waals surface area contributed by atoms with Crippen molar-refractivity contribution in [1.29, 1.82) is 0 Å². The van der Waals surface area contributed by atoms with E-state index in [1.165, 1.54) is 11.3 Å². The molecule has 0 aliphatic carbocycles. The number of benzene rings is 1. The first-order valence-corrected chi connectivity index (χ1v) is 6.23. The van der Waals surface area contributed by atoms with Crippen LogP contribution in [0.1, 0.15) is 21.6 Å². The van der Waals surface area contributed by atoms with Gasteiger partial charge in [0.2, 0.25) is 0 Å². The molecule has 0 spiro atoms. The van der Waals surface area contributed by atoms with E-state index in [0.717, 1.165) is 16.4 Å². The zero-order valence-electron chi connectivity index (χ0n) is 10.1. The highest BCUT2D eigenvalue weighted by Crippen LogP contribution is 2.20. The van der Waals surface area contributed by atoms with Gasteiger partial charge in [0, 0.05) is 18.0 Å². The van der Waals surface area contributed by atoms with Crippen LogP contribution in [0.3, 0.4) is 0 Å². The van der Waals surface area contributed by atoms with Crippen LogP contribution in [0.25, 0.3) is 0 Å². The lowest BCUT2D eigenvalue weighted by molar-refractivity contribution is 0.0993. The number of carbonyl (C=O) groups is 1. The number of hydrogen-bond acceptors (Lipinski definition) is 3. The Morgan fingerprint density at radius 1 is 1.24 bits per heavy atom. The van der Waals surface area contributed by atoms with E-state index in [2.05, 4.69) is 4.98 Å². The van der Waals surface area contributed by atoms with Crippen LogP contribution in [0.5, 0.6) is 0 Å². The molecule has 17 heavy (non-hydrogen) atoms. The molecule has 0 radical (unpaired) electrons. The summed E-state index contributed by atoms with van der Waals surface area (Å²) in [6.45, 7) is 3.92. The molecule has 0 saturated heterocycles. The molecule has 4 heteroatoms. The smallest absolute Gasteiger partial charge is 0.259 e. The maximum Gasteiger partial charge on any atom is 0.259 e. The number of carbonyl (C=O) groups excluding carboxylic acids is 1. The summed E-state index contributed by atoms with van der Waals surface area (Å²) in [5, 5.41) is 2.67. The van der Waals surface area contributed by atoms with E-state index in [1.54, 1.807) is 11.9 Å². The predicted octanol–water partition coefficient (Wildman–Crippen LogP) is 3.04. The summed E-state index contributed by atoms with van der Waals surface area (Å²) in [6.07, 6.45) is 0. The van der Waals surface area contributed by atoms with Crippen molar-refractivity contribution < 1.29 is 4.79 Å². The van der Waals surface area contributed by atoms with Gasteiger partial charge in [-0.05, 0) is 26.0 Å². The van der Waals surface area contributed by atoms with Crippen LogP contribution < -0.4 is 4.90 Å². The third-order valence-electron chi connectivity index (χ3n) is 2.50. The lowest BCUT2D eigenvalue weighted by atomic mass is 10.1. The third kappa shape index (κ3) is 2.53. The molecule has 0 fully saturated rings. The van der Waals surface area contributed by atoms with E-state index in [-0.39, 0.29) is 5.91 Å². The maximum atomic E-state index is 12.2. The Morgan fingerprint density at radius 2 is 1.88 bits per heavy atom. The van der Waals surface area contributed by atoms with Crippen LogP contribution in [-0.2, 0) is 0 Å². The van der Waals surface area contributed by atoms with E-state index in [4.69, 9.17) is 0 Å². The Hall–Kier alpha value is -1.68. The zero-order chi connectivity index (χ0) is 12.4. The fourth-order valence-corrected chi connectivity index (χ4v) is 2.24. The number of nitrogens with zero attached hydrogens (tertiary/aromatic N) is 2. The molecule has 0 unspecified atom stereocenters. The van der Waals surface area contributed by atoms with Gasteiger partial charge in [0.15, 0.2) is 5.13 Å². The minimum absolute atomic E-state index is 0.0284. The molecular formula is C13H14N2OS. The largest absolute Gasteiger partial charge is 0.287 e. The second-order valence-corrected chi connectivity index (χ2v) is 4.84. The van der Waals surface area contributed by atoms with Crippen LogP contribution >= 0.6 is 11.3 Å². The molecule has 1 aromatic heterocycles. The standard InChI is InChI=1S/C13H14N2OS/c1-9-4-6-11(7-5-9)12(16)15(3)13-14-10(2)8-17-13/h4-8H,1-3H3. The summed E-state index contributed by atoms with van der Waals surface area (Å²) in [5.41, 5.74) is 2.77. The first-order chi connectivity index (χ1) is 8.08. The van der Waals surface area contributed by atoms with Gasteiger partial charge in [-0.1, -0.05) is 17.7 Å². The van der Waals surface area contributed by atoms with Crippen LogP contribution in [-0.4, -0.2) is 17.9 Å². The van der Waals surface area contributed by atoms with Gasteiger partial charge in [-0.3, -0.25) is 9.69 Å². The van der Waals surface area contributed by atoms with E-state index in [0.29, 0.717) is 5.56 Å². The lowest BCUT2D eigenvalue weighted by Crippen LogP contribution is -2.26. The fraction of sp³-hybridized carbons (Fsp3) is 0.231. The average Bonchev–Trinajstić information content (AvgIpc) is 2.75. The summed E-state index contributed by atoms with van der Waals surface area (Å²) in [4.78, 5) is 18.0. The number of thiazole rings is 1. The number of aryl methyl sites for hydroxylation is 2. The predicted molar refractivity (Wildman–Crippen MR) is 70.8 cm³/mol. The van der Waals surface area contributed by atoms with Crippen LogP contribution in [0.4, 0.5) is 5.13 Å². The quantitative estimate of drug-likeness (QED) is 0.816. The molecule has 2 aromatic rings. The molecule has 0 saturated carbocycles. The van der Waals surface area contributed by atoms with E-state index in [1.807, 2.05) is 43.5 Å². The summed E-state index contributed by atoms with van der Waals surface area (Å²) >= 11 is 1.48. The van der Waals surface area contributed by atoms with E-state index in [9.17, 15) is 4.79 Å². The summed E-state index contributed by atoms with van der Waals surface area (Å²) in [5.74, 6) is -0.0284. The molecule has 0 N–H and O–H groups in total. The van der Waals surface area contributed by atoms with Crippen molar-refractivity contribution in [2.24, 2.45) is 0 Å². The number of aromatic nitrogens is 1. The van der Waals surface area contributed by atoms with Crippen molar-refractivity contribution in [3.63, 3.8) is 0 Å². The molecule has 0 aliphatic rings. The first kappa shape index (κ1) is 11.8. The maximum absolute atomic E-state index is 12.2. The summed E-state index contributed by atoms with van der Waals surface area (Å²) < 4.78 is 0. The van der Waals surface area contributed by atoms with Crippen molar-refractivity contribution >= 4 is 22.4 Å². The molecule has 0 bridgehead atoms. The van der Waals surface area contributed by atoms with Gasteiger partial charge in [-0.25, -0.2) is 4.98 Å². The zero-order valence-corrected chi connectivity index (χ0v) is 10.9. The monoisotopic (exact) mass is 246 g/mol. The molecular weight excluding hydrogens is 232 g/mol. The van der Waals surface area contributed by atoms with Crippen molar-refractivity contribution in [2.75, 3.05) is 11.9 Å². The Morgan fingerprint density at radius 3 is 2.41 bits per heavy atom. The third-order valence-corrected chi connectivity index (χ3v) is 3.53. The lowest BCUT2D eigenvalue weighted by Gasteiger charge is -2.13. The first-order valence-electron chi connectivity index (χ1n) is 5.35. The molecule has 3 nitrogen and oxygen atoms in total. The van der Waals surface area contributed by atoms with E-state index < -0.39 is 0 Å². The number of amides is 1. The molecule has 1 amide bonds. The molecule has 0 atom stereocenters. The minimum Gasteiger partial charge on any atom is -0.287 e. The second-order valence-electron chi connectivity index (χ2n) is 4.00. The SMILES string of the molecule is Cc1ccc(C(=O)N(C)c2nc(C)cs2)cc1. The van der Waals surface area contributed by atoms with Crippen LogP contribution in [0.15, 0.2) is 29.6 Å². The van der Waals surface area contributed by atoms with Gasteiger partial charge in [0.1, 0.15) is 0 Å². The highest BCUT2D eigenvalue weighted by atomic mass is 32.1.